The summed E-state index contributed by atoms with van der Waals surface area (Å²) in [5.74, 6) is 0.629. The lowest BCUT2D eigenvalue weighted by atomic mass is 10.0. The summed E-state index contributed by atoms with van der Waals surface area (Å²) < 4.78 is 31.3. The van der Waals surface area contributed by atoms with Crippen LogP contribution >= 0.6 is 8.18 Å². The fourth-order valence-electron chi connectivity index (χ4n) is 3.81. The molecule has 2 aromatic heterocycles. The Morgan fingerprint density at radius 2 is 1.89 bits per heavy atom. The number of fused-ring (bicyclic) bond motifs is 3. The first kappa shape index (κ1) is 26.9. The van der Waals surface area contributed by atoms with Crippen LogP contribution in [0.25, 0.3) is 21.9 Å². The number of pyridine rings is 1. The number of nitrogens with zero attached hydrogens (tertiary/aromatic N) is 3. The zero-order chi connectivity index (χ0) is 25.7. The summed E-state index contributed by atoms with van der Waals surface area (Å²) in [6.45, 7) is 12.1. The van der Waals surface area contributed by atoms with Crippen molar-refractivity contribution in [1.82, 2.24) is 19.6 Å². The molecule has 3 aromatic rings. The van der Waals surface area contributed by atoms with Gasteiger partial charge in [0.1, 0.15) is 30.6 Å². The molecular weight excluding hydrogens is 469 g/mol. The Morgan fingerprint density at radius 3 is 2.54 bits per heavy atom. The van der Waals surface area contributed by atoms with Gasteiger partial charge in [-0.3, -0.25) is 4.79 Å². The normalized spacial score (nSPS) is 14.1. The maximum Gasteiger partial charge on any atom is 0.613 e. The van der Waals surface area contributed by atoms with Crippen LogP contribution in [-0.4, -0.2) is 45.9 Å². The van der Waals surface area contributed by atoms with Gasteiger partial charge in [0, 0.05) is 12.0 Å². The zero-order valence-corrected chi connectivity index (χ0v) is 22.0. The van der Waals surface area contributed by atoms with Gasteiger partial charge in [0.25, 0.3) is 0 Å². The van der Waals surface area contributed by atoms with Crippen LogP contribution in [-0.2, 0) is 30.0 Å². The predicted molar refractivity (Wildman–Crippen MR) is 136 cm³/mol. The molecule has 35 heavy (non-hydrogen) atoms. The molecule has 3 rings (SSSR count). The van der Waals surface area contributed by atoms with E-state index >= 15 is 0 Å². The highest BCUT2D eigenvalue weighted by Gasteiger charge is 2.32. The van der Waals surface area contributed by atoms with Crippen molar-refractivity contribution in [3.8, 4) is 0 Å². The SMILES string of the molecule is CCOCc1nc2c(N)nc3ccccc3c2n1C(CO[P+](=O)NC(C)C(=O)OC(C)C)C(C)C. The maximum atomic E-state index is 12.7. The van der Waals surface area contributed by atoms with E-state index in [0.29, 0.717) is 23.8 Å². The molecule has 1 aromatic carbocycles. The number of rotatable bonds is 12. The molecule has 11 heteroatoms. The number of nitrogens with one attached hydrogen (secondary N) is 1. The zero-order valence-electron chi connectivity index (χ0n) is 21.1. The third-order valence-electron chi connectivity index (χ3n) is 5.53. The minimum absolute atomic E-state index is 0.0904. The van der Waals surface area contributed by atoms with Gasteiger partial charge < -0.3 is 19.8 Å². The number of nitrogen functional groups attached to an aromatic ring is 1. The quantitative estimate of drug-likeness (QED) is 0.270. The Labute approximate surface area is 206 Å². The molecule has 3 N–H and O–H groups in total. The van der Waals surface area contributed by atoms with Crippen LogP contribution in [0.1, 0.15) is 53.4 Å². The molecule has 0 radical (unpaired) electrons. The van der Waals surface area contributed by atoms with E-state index in [1.165, 1.54) is 0 Å². The number of hydrogen-bond donors (Lipinski definition) is 2. The molecule has 0 saturated heterocycles. The molecule has 3 atom stereocenters. The minimum atomic E-state index is -2.32. The molecule has 0 bridgehead atoms. The van der Waals surface area contributed by atoms with Gasteiger partial charge in [-0.1, -0.05) is 37.1 Å². The Hall–Kier alpha value is -2.65. The van der Waals surface area contributed by atoms with Crippen LogP contribution in [0.15, 0.2) is 24.3 Å². The van der Waals surface area contributed by atoms with Crippen molar-refractivity contribution >= 4 is 41.9 Å². The number of benzene rings is 1. The van der Waals surface area contributed by atoms with Crippen molar-refractivity contribution in [1.29, 1.82) is 0 Å². The lowest BCUT2D eigenvalue weighted by Gasteiger charge is -2.24. The summed E-state index contributed by atoms with van der Waals surface area (Å²) >= 11 is 0. The average Bonchev–Trinajstić information content (AvgIpc) is 3.17. The topological polar surface area (TPSA) is 131 Å². The number of ether oxygens (including phenoxy) is 2. The van der Waals surface area contributed by atoms with E-state index in [9.17, 15) is 9.36 Å². The molecule has 0 amide bonds. The van der Waals surface area contributed by atoms with Gasteiger partial charge in [0.2, 0.25) is 0 Å². The molecule has 0 aliphatic heterocycles. The molecule has 0 fully saturated rings. The van der Waals surface area contributed by atoms with Crippen LogP contribution < -0.4 is 10.8 Å². The number of anilines is 1. The molecular formula is C24H35N5O5P+. The summed E-state index contributed by atoms with van der Waals surface area (Å²) in [7, 11) is -2.32. The molecule has 2 heterocycles. The molecule has 0 spiro atoms. The van der Waals surface area contributed by atoms with Gasteiger partial charge in [0.15, 0.2) is 5.82 Å². The molecule has 190 valence electrons. The van der Waals surface area contributed by atoms with E-state index in [2.05, 4.69) is 28.5 Å². The molecule has 10 nitrogen and oxygen atoms in total. The van der Waals surface area contributed by atoms with Crippen LogP contribution in [0.3, 0.4) is 0 Å². The van der Waals surface area contributed by atoms with Crippen molar-refractivity contribution in [3.63, 3.8) is 0 Å². The lowest BCUT2D eigenvalue weighted by Crippen LogP contribution is -2.33. The Bertz CT molecular complexity index is 1200. The van der Waals surface area contributed by atoms with Crippen molar-refractivity contribution < 1.29 is 23.4 Å². The highest BCUT2D eigenvalue weighted by Crippen LogP contribution is 2.35. The highest BCUT2D eigenvalue weighted by atomic mass is 31.1. The number of hydrogen-bond acceptors (Lipinski definition) is 8. The molecule has 0 aliphatic carbocycles. The second kappa shape index (κ2) is 11.9. The largest absolute Gasteiger partial charge is 0.613 e. The van der Waals surface area contributed by atoms with Gasteiger partial charge in [-0.25, -0.2) is 9.97 Å². The molecule has 0 aliphatic rings. The van der Waals surface area contributed by atoms with Gasteiger partial charge in [-0.15, -0.1) is 4.52 Å². The fraction of sp³-hybridized carbons (Fsp3) is 0.542. The van der Waals surface area contributed by atoms with Crippen molar-refractivity contribution in [2.24, 2.45) is 5.92 Å². The maximum absolute atomic E-state index is 12.7. The summed E-state index contributed by atoms with van der Waals surface area (Å²) in [4.78, 5) is 21.3. The van der Waals surface area contributed by atoms with E-state index < -0.39 is 20.2 Å². The summed E-state index contributed by atoms with van der Waals surface area (Å²) in [5, 5.41) is 3.59. The third kappa shape index (κ3) is 6.32. The van der Waals surface area contributed by atoms with Gasteiger partial charge >= 0.3 is 14.1 Å². The van der Waals surface area contributed by atoms with E-state index in [-0.39, 0.29) is 31.3 Å². The Balaban J connectivity index is 1.95. The summed E-state index contributed by atoms with van der Waals surface area (Å²) in [6.07, 6.45) is -0.258. The lowest BCUT2D eigenvalue weighted by molar-refractivity contribution is -0.149. The number of carbonyl (C=O) groups excluding carboxylic acids is 1. The standard InChI is InChI=1S/C24H35N5O5P/c1-7-32-13-20-27-21-22(17-10-8-9-11-18(17)26-23(21)25)29(20)19(14(2)3)12-33-35(31)28-16(6)24(30)34-15(4)5/h8-11,14-16,19H,7,12-13H2,1-6H3,(H2,25,26)(H,28,31)/q+1. The number of imidazole rings is 1. The number of nitrogens with two attached hydrogens (primary N) is 1. The summed E-state index contributed by atoms with van der Waals surface area (Å²) in [5.41, 5.74) is 8.48. The fourth-order valence-corrected chi connectivity index (χ4v) is 4.60. The van der Waals surface area contributed by atoms with Crippen LogP contribution in [0.2, 0.25) is 0 Å². The Morgan fingerprint density at radius 1 is 1.17 bits per heavy atom. The number of aromatic nitrogens is 3. The van der Waals surface area contributed by atoms with Crippen molar-refractivity contribution in [2.45, 2.75) is 66.3 Å². The van der Waals surface area contributed by atoms with Crippen LogP contribution in [0, 0.1) is 5.92 Å². The number of carbonyl (C=O) groups is 1. The predicted octanol–water partition coefficient (Wildman–Crippen LogP) is 4.50. The van der Waals surface area contributed by atoms with Gasteiger partial charge in [0.05, 0.1) is 23.2 Å². The first-order valence-corrected chi connectivity index (χ1v) is 13.0. The van der Waals surface area contributed by atoms with E-state index in [4.69, 9.17) is 24.7 Å². The number of para-hydroxylation sites is 1. The van der Waals surface area contributed by atoms with E-state index in [0.717, 1.165) is 16.4 Å². The van der Waals surface area contributed by atoms with Crippen molar-refractivity contribution in [2.75, 3.05) is 18.9 Å². The van der Waals surface area contributed by atoms with E-state index in [1.807, 2.05) is 31.2 Å². The first-order chi connectivity index (χ1) is 16.6. The Kier molecular flexibility index (Phi) is 9.13. The second-order valence-corrected chi connectivity index (χ2v) is 9.98. The smallest absolute Gasteiger partial charge is 0.462 e. The summed E-state index contributed by atoms with van der Waals surface area (Å²) in [6, 6.07) is 6.74. The number of esters is 1. The third-order valence-corrected chi connectivity index (χ3v) is 6.51. The first-order valence-electron chi connectivity index (χ1n) is 11.8. The highest BCUT2D eigenvalue weighted by molar-refractivity contribution is 7.36. The molecule has 3 unspecified atom stereocenters. The van der Waals surface area contributed by atoms with Crippen LogP contribution in [0.5, 0.6) is 0 Å². The molecule has 0 saturated carbocycles. The van der Waals surface area contributed by atoms with Gasteiger partial charge in [-0.2, -0.15) is 0 Å². The second-order valence-electron chi connectivity index (χ2n) is 8.95. The van der Waals surface area contributed by atoms with Crippen LogP contribution in [0.4, 0.5) is 5.82 Å². The monoisotopic (exact) mass is 504 g/mol. The van der Waals surface area contributed by atoms with Gasteiger partial charge in [-0.05, 0) is 44.2 Å². The average molecular weight is 505 g/mol. The van der Waals surface area contributed by atoms with E-state index in [1.54, 1.807) is 20.8 Å². The van der Waals surface area contributed by atoms with Crippen molar-refractivity contribution in [3.05, 3.63) is 30.1 Å². The minimum Gasteiger partial charge on any atom is -0.462 e.